The van der Waals surface area contributed by atoms with Crippen LogP contribution in [0.15, 0.2) is 42.1 Å². The molecule has 4 nitrogen and oxygen atoms in total. The molecule has 21 heavy (non-hydrogen) atoms. The van der Waals surface area contributed by atoms with E-state index < -0.39 is 5.97 Å². The molecule has 0 aliphatic heterocycles. The number of hydrogen-bond acceptors (Lipinski definition) is 2. The fourth-order valence-electron chi connectivity index (χ4n) is 2.30. The molecule has 1 heterocycles. The number of carboxylic acids is 1. The lowest BCUT2D eigenvalue weighted by molar-refractivity contribution is -0.132. The summed E-state index contributed by atoms with van der Waals surface area (Å²) < 4.78 is 7.83. The summed E-state index contributed by atoms with van der Waals surface area (Å²) in [4.78, 5) is 11.0. The lowest BCUT2D eigenvalue weighted by Gasteiger charge is -2.11. The minimum absolute atomic E-state index is 0.123. The fraction of sp³-hybridized carbons (Fsp3) is 0.353. The van der Waals surface area contributed by atoms with Gasteiger partial charge in [0.25, 0.3) is 0 Å². The number of rotatable bonds is 6. The molecule has 2 aromatic rings. The molecule has 0 saturated heterocycles. The highest BCUT2D eigenvalue weighted by atomic mass is 16.5. The van der Waals surface area contributed by atoms with Crippen molar-refractivity contribution in [2.75, 3.05) is 0 Å². The highest BCUT2D eigenvalue weighted by Gasteiger charge is 2.08. The van der Waals surface area contributed by atoms with Crippen LogP contribution < -0.4 is 4.74 Å². The largest absolute Gasteiger partial charge is 0.490 e. The summed E-state index contributed by atoms with van der Waals surface area (Å²) in [5.74, 6) is 0.0111. The summed E-state index contributed by atoms with van der Waals surface area (Å²) in [5.41, 5.74) is 1.48. The fourth-order valence-corrected chi connectivity index (χ4v) is 2.30. The van der Waals surface area contributed by atoms with Crippen LogP contribution in [0.4, 0.5) is 0 Å². The van der Waals surface area contributed by atoms with E-state index in [1.54, 1.807) is 6.08 Å². The number of aromatic nitrogens is 1. The first-order valence-electron chi connectivity index (χ1n) is 7.19. The van der Waals surface area contributed by atoms with Crippen molar-refractivity contribution in [1.29, 1.82) is 0 Å². The van der Waals surface area contributed by atoms with Crippen LogP contribution in [0.5, 0.6) is 5.75 Å². The first kappa shape index (κ1) is 15.2. The van der Waals surface area contributed by atoms with Gasteiger partial charge in [-0.15, -0.1) is 0 Å². The minimum Gasteiger partial charge on any atom is -0.490 e. The lowest BCUT2D eigenvalue weighted by Crippen LogP contribution is -2.05. The zero-order chi connectivity index (χ0) is 15.4. The maximum absolute atomic E-state index is 11.0. The van der Waals surface area contributed by atoms with E-state index in [4.69, 9.17) is 9.84 Å². The second-order valence-electron chi connectivity index (χ2n) is 5.21. The SMILES string of the molecule is CC/C(=C/Cn1ccc2c(OC(C)C)cccc21)C(=O)O. The number of nitrogens with zero attached hydrogens (tertiary/aromatic N) is 1. The molecule has 0 atom stereocenters. The van der Waals surface area contributed by atoms with Gasteiger partial charge in [-0.2, -0.15) is 0 Å². The number of fused-ring (bicyclic) bond motifs is 1. The predicted octanol–water partition coefficient (Wildman–Crippen LogP) is 3.85. The molecule has 0 saturated carbocycles. The topological polar surface area (TPSA) is 51.5 Å². The Morgan fingerprint density at radius 3 is 2.76 bits per heavy atom. The molecular weight excluding hydrogens is 266 g/mol. The normalized spacial score (nSPS) is 12.1. The summed E-state index contributed by atoms with van der Waals surface area (Å²) in [6.07, 6.45) is 4.37. The Balaban J connectivity index is 2.32. The average molecular weight is 287 g/mol. The zero-order valence-electron chi connectivity index (χ0n) is 12.7. The van der Waals surface area contributed by atoms with Crippen molar-refractivity contribution < 1.29 is 14.6 Å². The van der Waals surface area contributed by atoms with Gasteiger partial charge in [-0.25, -0.2) is 4.79 Å². The molecular formula is C17H21NO3. The number of allylic oxidation sites excluding steroid dienone is 1. The van der Waals surface area contributed by atoms with E-state index in [2.05, 4.69) is 0 Å². The summed E-state index contributed by atoms with van der Waals surface area (Å²) in [6.45, 7) is 6.39. The van der Waals surface area contributed by atoms with E-state index in [1.807, 2.05) is 55.8 Å². The Bertz CT molecular complexity index is 668. The maximum atomic E-state index is 11.0. The second-order valence-corrected chi connectivity index (χ2v) is 5.21. The first-order chi connectivity index (χ1) is 10.0. The van der Waals surface area contributed by atoms with Crippen LogP contribution in [-0.4, -0.2) is 21.7 Å². The Morgan fingerprint density at radius 1 is 1.38 bits per heavy atom. The molecule has 0 aliphatic rings. The molecule has 0 bridgehead atoms. The Kier molecular flexibility index (Phi) is 4.68. The van der Waals surface area contributed by atoms with Gasteiger partial charge in [0, 0.05) is 23.7 Å². The van der Waals surface area contributed by atoms with Crippen molar-refractivity contribution >= 4 is 16.9 Å². The molecule has 1 aromatic heterocycles. The molecule has 0 radical (unpaired) electrons. The van der Waals surface area contributed by atoms with E-state index in [9.17, 15) is 4.79 Å². The lowest BCUT2D eigenvalue weighted by atomic mass is 10.2. The number of carbonyl (C=O) groups is 1. The number of ether oxygens (including phenoxy) is 1. The highest BCUT2D eigenvalue weighted by Crippen LogP contribution is 2.27. The zero-order valence-corrected chi connectivity index (χ0v) is 12.7. The molecule has 1 aromatic carbocycles. The summed E-state index contributed by atoms with van der Waals surface area (Å²) in [6, 6.07) is 7.94. The van der Waals surface area contributed by atoms with E-state index in [0.717, 1.165) is 16.7 Å². The third-order valence-corrected chi connectivity index (χ3v) is 3.33. The summed E-state index contributed by atoms with van der Waals surface area (Å²) in [5, 5.41) is 10.1. The second kappa shape index (κ2) is 6.48. The summed E-state index contributed by atoms with van der Waals surface area (Å²) >= 11 is 0. The Hall–Kier alpha value is -2.23. The number of hydrogen-bond donors (Lipinski definition) is 1. The summed E-state index contributed by atoms with van der Waals surface area (Å²) in [7, 11) is 0. The van der Waals surface area contributed by atoms with Gasteiger partial charge in [-0.1, -0.05) is 19.1 Å². The van der Waals surface area contributed by atoms with Crippen LogP contribution in [0, 0.1) is 0 Å². The molecule has 112 valence electrons. The third-order valence-electron chi connectivity index (χ3n) is 3.33. The van der Waals surface area contributed by atoms with Crippen molar-refractivity contribution in [2.24, 2.45) is 0 Å². The smallest absolute Gasteiger partial charge is 0.331 e. The molecule has 0 amide bonds. The van der Waals surface area contributed by atoms with E-state index in [1.165, 1.54) is 0 Å². The molecule has 2 rings (SSSR count). The van der Waals surface area contributed by atoms with Crippen molar-refractivity contribution in [1.82, 2.24) is 4.57 Å². The molecule has 0 spiro atoms. The molecule has 4 heteroatoms. The van der Waals surface area contributed by atoms with E-state index in [-0.39, 0.29) is 6.10 Å². The Morgan fingerprint density at radius 2 is 2.14 bits per heavy atom. The van der Waals surface area contributed by atoms with Gasteiger partial charge in [0.05, 0.1) is 11.6 Å². The molecule has 1 N–H and O–H groups in total. The van der Waals surface area contributed by atoms with Crippen molar-refractivity contribution in [3.8, 4) is 5.75 Å². The van der Waals surface area contributed by atoms with Crippen molar-refractivity contribution in [2.45, 2.75) is 39.8 Å². The van der Waals surface area contributed by atoms with Crippen LogP contribution in [0.25, 0.3) is 10.9 Å². The van der Waals surface area contributed by atoms with Gasteiger partial charge in [-0.05, 0) is 38.5 Å². The highest BCUT2D eigenvalue weighted by molar-refractivity contribution is 5.87. The van der Waals surface area contributed by atoms with Crippen LogP contribution in [0.2, 0.25) is 0 Å². The van der Waals surface area contributed by atoms with Gasteiger partial charge in [0.1, 0.15) is 5.75 Å². The monoisotopic (exact) mass is 287 g/mol. The van der Waals surface area contributed by atoms with Gasteiger partial charge in [-0.3, -0.25) is 0 Å². The number of aliphatic carboxylic acids is 1. The van der Waals surface area contributed by atoms with Crippen molar-refractivity contribution in [3.05, 3.63) is 42.1 Å². The number of carboxylic acid groups (broad SMARTS) is 1. The average Bonchev–Trinajstić information content (AvgIpc) is 2.83. The number of benzene rings is 1. The van der Waals surface area contributed by atoms with Gasteiger partial charge in [0.2, 0.25) is 0 Å². The van der Waals surface area contributed by atoms with E-state index in [0.29, 0.717) is 18.5 Å². The predicted molar refractivity (Wildman–Crippen MR) is 83.7 cm³/mol. The standard InChI is InChI=1S/C17H21NO3/c1-4-13(17(19)20)8-10-18-11-9-14-15(18)6-5-7-16(14)21-12(2)3/h5-9,11-12H,4,10H2,1-3H3,(H,19,20)/b13-8-. The van der Waals surface area contributed by atoms with Crippen LogP contribution in [-0.2, 0) is 11.3 Å². The van der Waals surface area contributed by atoms with Crippen LogP contribution >= 0.6 is 0 Å². The molecule has 0 aliphatic carbocycles. The first-order valence-corrected chi connectivity index (χ1v) is 7.19. The third kappa shape index (κ3) is 3.45. The quantitative estimate of drug-likeness (QED) is 0.821. The van der Waals surface area contributed by atoms with Crippen molar-refractivity contribution in [3.63, 3.8) is 0 Å². The molecule has 0 unspecified atom stereocenters. The minimum atomic E-state index is -0.849. The van der Waals surface area contributed by atoms with Crippen LogP contribution in [0.3, 0.4) is 0 Å². The maximum Gasteiger partial charge on any atom is 0.331 e. The van der Waals surface area contributed by atoms with Gasteiger partial charge >= 0.3 is 5.97 Å². The Labute approximate surface area is 124 Å². The molecule has 0 fully saturated rings. The van der Waals surface area contributed by atoms with Crippen LogP contribution in [0.1, 0.15) is 27.2 Å². The van der Waals surface area contributed by atoms with Gasteiger partial charge in [0.15, 0.2) is 0 Å². The van der Waals surface area contributed by atoms with Gasteiger partial charge < -0.3 is 14.4 Å². The van der Waals surface area contributed by atoms with E-state index >= 15 is 0 Å².